The third-order valence-electron chi connectivity index (χ3n) is 3.93. The van der Waals surface area contributed by atoms with Crippen LogP contribution in [-0.4, -0.2) is 71.0 Å². The van der Waals surface area contributed by atoms with E-state index in [1.807, 2.05) is 0 Å². The summed E-state index contributed by atoms with van der Waals surface area (Å²) in [6, 6.07) is 5.79. The lowest BCUT2D eigenvalue weighted by molar-refractivity contribution is -0.145. The van der Waals surface area contributed by atoms with Gasteiger partial charge in [-0.25, -0.2) is 9.69 Å². The molecule has 1 aromatic rings. The molecule has 1 aromatic carbocycles. The van der Waals surface area contributed by atoms with E-state index in [0.717, 1.165) is 9.80 Å². The molecule has 1 aliphatic rings. The topological polar surface area (TPSA) is 107 Å². The number of amides is 6. The molecule has 0 atom stereocenters. The van der Waals surface area contributed by atoms with Gasteiger partial charge in [0.05, 0.1) is 17.3 Å². The summed E-state index contributed by atoms with van der Waals surface area (Å²) < 4.78 is 0. The Hall–Kier alpha value is -2.94. The molecule has 1 aliphatic heterocycles. The van der Waals surface area contributed by atoms with E-state index in [4.69, 9.17) is 11.6 Å². The van der Waals surface area contributed by atoms with E-state index in [-0.39, 0.29) is 19.0 Å². The van der Waals surface area contributed by atoms with Crippen molar-refractivity contribution >= 4 is 46.9 Å². The molecule has 1 saturated heterocycles. The van der Waals surface area contributed by atoms with Crippen LogP contribution in [0.15, 0.2) is 24.3 Å². The highest BCUT2D eigenvalue weighted by Crippen LogP contribution is 2.20. The van der Waals surface area contributed by atoms with Crippen LogP contribution in [0.1, 0.15) is 13.8 Å². The predicted octanol–water partition coefficient (Wildman–Crippen LogP) is 1.18. The number of hydrogen-bond donors (Lipinski definition) is 1. The Labute approximate surface area is 167 Å². The summed E-state index contributed by atoms with van der Waals surface area (Å²) in [7, 11) is 1.35. The zero-order valence-electron chi connectivity index (χ0n) is 15.8. The molecule has 28 heavy (non-hydrogen) atoms. The van der Waals surface area contributed by atoms with Crippen molar-refractivity contribution in [2.24, 2.45) is 5.92 Å². The van der Waals surface area contributed by atoms with Gasteiger partial charge in [0.25, 0.3) is 0 Å². The van der Waals surface area contributed by atoms with E-state index >= 15 is 0 Å². The van der Waals surface area contributed by atoms with Crippen LogP contribution in [0.3, 0.4) is 0 Å². The van der Waals surface area contributed by atoms with Crippen molar-refractivity contribution in [3.8, 4) is 0 Å². The van der Waals surface area contributed by atoms with E-state index in [0.29, 0.717) is 15.6 Å². The third-order valence-corrected chi connectivity index (χ3v) is 4.26. The number of carbonyl (C=O) groups is 5. The van der Waals surface area contributed by atoms with Gasteiger partial charge in [-0.2, -0.15) is 0 Å². The number of nitrogens with one attached hydrogen (secondary N) is 1. The normalized spacial score (nSPS) is 14.1. The summed E-state index contributed by atoms with van der Waals surface area (Å²) in [5, 5.41) is 2.92. The van der Waals surface area contributed by atoms with Gasteiger partial charge in [-0.05, 0) is 18.1 Å². The largest absolute Gasteiger partial charge is 0.335 e. The van der Waals surface area contributed by atoms with E-state index in [1.54, 1.807) is 38.1 Å². The Kier molecular flexibility index (Phi) is 6.74. The maximum Gasteiger partial charge on any atom is 0.334 e. The Morgan fingerprint density at radius 1 is 1.11 bits per heavy atom. The Bertz CT molecular complexity index is 826. The summed E-state index contributed by atoms with van der Waals surface area (Å²) in [5.74, 6) is -3.18. The van der Waals surface area contributed by atoms with Crippen molar-refractivity contribution in [1.29, 1.82) is 0 Å². The second-order valence-electron chi connectivity index (χ2n) is 6.76. The van der Waals surface area contributed by atoms with Gasteiger partial charge >= 0.3 is 17.8 Å². The standard InChI is InChI=1S/C18H21ClN4O5/c1-11(2)8-22-16(26)17(27)23(18(22)28)10-15(25)21(3)9-14(24)20-13-7-5-4-6-12(13)19/h4-7,11H,8-10H2,1-3H3,(H,20,24). The van der Waals surface area contributed by atoms with Crippen LogP contribution >= 0.6 is 11.6 Å². The van der Waals surface area contributed by atoms with Crippen molar-refractivity contribution in [1.82, 2.24) is 14.7 Å². The average Bonchev–Trinajstić information content (AvgIpc) is 2.81. The number of likely N-dealkylation sites (N-methyl/N-ethyl adjacent to an activating group) is 1. The summed E-state index contributed by atoms with van der Waals surface area (Å²) in [5.41, 5.74) is 0.398. The monoisotopic (exact) mass is 408 g/mol. The molecule has 0 radical (unpaired) electrons. The molecule has 0 aromatic heterocycles. The number of anilines is 1. The first kappa shape index (κ1) is 21.4. The molecule has 2 rings (SSSR count). The first-order valence-corrected chi connectivity index (χ1v) is 8.95. The maximum absolute atomic E-state index is 12.3. The molecule has 0 saturated carbocycles. The average molecular weight is 409 g/mol. The molecule has 1 fully saturated rings. The van der Waals surface area contributed by atoms with E-state index in [2.05, 4.69) is 5.32 Å². The SMILES string of the molecule is CC(C)CN1C(=O)C(=O)N(CC(=O)N(C)CC(=O)Nc2ccccc2Cl)C1=O. The highest BCUT2D eigenvalue weighted by atomic mass is 35.5. The predicted molar refractivity (Wildman–Crippen MR) is 101 cm³/mol. The molecule has 1 heterocycles. The molecule has 10 heteroatoms. The van der Waals surface area contributed by atoms with E-state index in [9.17, 15) is 24.0 Å². The van der Waals surface area contributed by atoms with Crippen molar-refractivity contribution in [2.45, 2.75) is 13.8 Å². The molecular formula is C18H21ClN4O5. The Morgan fingerprint density at radius 2 is 1.71 bits per heavy atom. The Balaban J connectivity index is 1.95. The van der Waals surface area contributed by atoms with Crippen LogP contribution < -0.4 is 5.32 Å². The number of carbonyl (C=O) groups excluding carboxylic acids is 5. The number of hydrogen-bond acceptors (Lipinski definition) is 5. The molecular weight excluding hydrogens is 388 g/mol. The second kappa shape index (κ2) is 8.83. The van der Waals surface area contributed by atoms with Gasteiger partial charge in [0, 0.05) is 13.6 Å². The van der Waals surface area contributed by atoms with Gasteiger partial charge in [-0.3, -0.25) is 24.1 Å². The molecule has 1 N–H and O–H groups in total. The smallest absolute Gasteiger partial charge is 0.334 e. The van der Waals surface area contributed by atoms with E-state index in [1.165, 1.54) is 7.05 Å². The number of imide groups is 2. The number of para-hydroxylation sites is 1. The van der Waals surface area contributed by atoms with Crippen LogP contribution in [0, 0.1) is 5.92 Å². The first-order chi connectivity index (χ1) is 13.1. The zero-order valence-corrected chi connectivity index (χ0v) is 16.5. The number of urea groups is 1. The zero-order chi connectivity index (χ0) is 21.0. The summed E-state index contributed by atoms with van der Waals surface area (Å²) in [4.78, 5) is 63.1. The van der Waals surface area contributed by atoms with Crippen molar-refractivity contribution in [3.63, 3.8) is 0 Å². The maximum atomic E-state index is 12.3. The van der Waals surface area contributed by atoms with Crippen LogP contribution in [0.4, 0.5) is 10.5 Å². The minimum Gasteiger partial charge on any atom is -0.335 e. The minimum absolute atomic E-state index is 0.0208. The van der Waals surface area contributed by atoms with Crippen molar-refractivity contribution in [3.05, 3.63) is 29.3 Å². The highest BCUT2D eigenvalue weighted by molar-refractivity contribution is 6.45. The van der Waals surface area contributed by atoms with Gasteiger partial charge < -0.3 is 10.2 Å². The summed E-state index contributed by atoms with van der Waals surface area (Å²) in [6.07, 6.45) is 0. The van der Waals surface area contributed by atoms with Gasteiger partial charge in [-0.15, -0.1) is 0 Å². The number of rotatable bonds is 7. The fraction of sp³-hybridized carbons (Fsp3) is 0.389. The van der Waals surface area contributed by atoms with Crippen LogP contribution in [0.2, 0.25) is 5.02 Å². The molecule has 0 spiro atoms. The Morgan fingerprint density at radius 3 is 2.32 bits per heavy atom. The molecule has 0 aliphatic carbocycles. The van der Waals surface area contributed by atoms with Crippen molar-refractivity contribution in [2.75, 3.05) is 32.0 Å². The lowest BCUT2D eigenvalue weighted by Crippen LogP contribution is -2.44. The lowest BCUT2D eigenvalue weighted by atomic mass is 10.2. The highest BCUT2D eigenvalue weighted by Gasteiger charge is 2.45. The van der Waals surface area contributed by atoms with Crippen LogP contribution in [0.5, 0.6) is 0 Å². The van der Waals surface area contributed by atoms with Gasteiger partial charge in [-0.1, -0.05) is 37.6 Å². The van der Waals surface area contributed by atoms with Gasteiger partial charge in [0.2, 0.25) is 11.8 Å². The quantitative estimate of drug-likeness (QED) is 0.538. The van der Waals surface area contributed by atoms with E-state index < -0.39 is 36.2 Å². The second-order valence-corrected chi connectivity index (χ2v) is 7.17. The molecule has 6 amide bonds. The molecule has 150 valence electrons. The summed E-state index contributed by atoms with van der Waals surface area (Å²) >= 11 is 5.96. The molecule has 0 bridgehead atoms. The molecule has 9 nitrogen and oxygen atoms in total. The number of benzene rings is 1. The molecule has 0 unspecified atom stereocenters. The number of halogens is 1. The lowest BCUT2D eigenvalue weighted by Gasteiger charge is -2.20. The summed E-state index contributed by atoms with van der Waals surface area (Å²) in [6.45, 7) is 2.75. The fourth-order valence-electron chi connectivity index (χ4n) is 2.53. The first-order valence-electron chi connectivity index (χ1n) is 8.57. The van der Waals surface area contributed by atoms with Crippen LogP contribution in [-0.2, 0) is 19.2 Å². The number of nitrogens with zero attached hydrogens (tertiary/aromatic N) is 3. The third kappa shape index (κ3) is 4.86. The van der Waals surface area contributed by atoms with Gasteiger partial charge in [0.15, 0.2) is 0 Å². The fourth-order valence-corrected chi connectivity index (χ4v) is 2.71. The minimum atomic E-state index is -1.05. The van der Waals surface area contributed by atoms with Crippen LogP contribution in [0.25, 0.3) is 0 Å². The van der Waals surface area contributed by atoms with Crippen molar-refractivity contribution < 1.29 is 24.0 Å². The van der Waals surface area contributed by atoms with Gasteiger partial charge in [0.1, 0.15) is 6.54 Å².